The second-order valence-corrected chi connectivity index (χ2v) is 7.14. The van der Waals surface area contributed by atoms with Crippen LogP contribution in [-0.2, 0) is 9.47 Å². The van der Waals surface area contributed by atoms with Crippen molar-refractivity contribution >= 4 is 23.3 Å². The molecule has 2 aromatic carbocycles. The first-order chi connectivity index (χ1) is 13.9. The summed E-state index contributed by atoms with van der Waals surface area (Å²) in [5.74, 6) is -2.40. The van der Waals surface area contributed by atoms with Crippen molar-refractivity contribution in [2.75, 3.05) is 11.5 Å². The maximum absolute atomic E-state index is 12.8. The summed E-state index contributed by atoms with van der Waals surface area (Å²) in [5.41, 5.74) is 13.2. The van der Waals surface area contributed by atoms with E-state index in [1.807, 2.05) is 13.8 Å². The Morgan fingerprint density at radius 1 is 0.724 bits per heavy atom. The number of carbonyl (C=O) groups is 2. The number of rotatable bonds is 10. The summed E-state index contributed by atoms with van der Waals surface area (Å²) < 4.78 is 11.7. The van der Waals surface area contributed by atoms with Crippen molar-refractivity contribution < 1.29 is 19.1 Å². The maximum atomic E-state index is 12.8. The van der Waals surface area contributed by atoms with E-state index in [2.05, 4.69) is 0 Å². The Hall–Kier alpha value is -3.02. The topological polar surface area (TPSA) is 105 Å². The lowest BCUT2D eigenvalue weighted by atomic mass is 10.0. The number of esters is 2. The Morgan fingerprint density at radius 2 is 1.07 bits per heavy atom. The number of carbonyl (C=O) groups excluding carboxylic acids is 2. The fourth-order valence-electron chi connectivity index (χ4n) is 2.94. The molecule has 0 aliphatic carbocycles. The highest BCUT2D eigenvalue weighted by Gasteiger charge is 2.38. The molecule has 0 aromatic heterocycles. The largest absolute Gasteiger partial charge is 0.419 e. The van der Waals surface area contributed by atoms with Crippen LogP contribution in [0.5, 0.6) is 0 Å². The molecule has 6 nitrogen and oxygen atoms in total. The Labute approximate surface area is 172 Å². The first-order valence-corrected chi connectivity index (χ1v) is 10.1. The Balaban J connectivity index is 2.28. The first kappa shape index (κ1) is 22.3. The van der Waals surface area contributed by atoms with Crippen molar-refractivity contribution in [3.8, 4) is 0 Å². The highest BCUT2D eigenvalue weighted by atomic mass is 16.7. The predicted octanol–water partition coefficient (Wildman–Crippen LogP) is 4.94. The molecule has 0 radical (unpaired) electrons. The van der Waals surface area contributed by atoms with Gasteiger partial charge in [0.1, 0.15) is 0 Å². The van der Waals surface area contributed by atoms with E-state index in [0.717, 1.165) is 25.7 Å². The van der Waals surface area contributed by atoms with Gasteiger partial charge in [-0.2, -0.15) is 0 Å². The normalized spacial score (nSPS) is 11.1. The molecule has 0 aliphatic rings. The Bertz CT molecular complexity index is 731. The molecule has 0 amide bonds. The molecule has 2 aromatic rings. The van der Waals surface area contributed by atoms with Crippen molar-refractivity contribution in [2.24, 2.45) is 0 Å². The average Bonchev–Trinajstić information content (AvgIpc) is 2.71. The van der Waals surface area contributed by atoms with Gasteiger partial charge in [0.2, 0.25) is 0 Å². The molecular formula is C23H30N2O4. The minimum atomic E-state index is -1.32. The van der Waals surface area contributed by atoms with Gasteiger partial charge < -0.3 is 20.9 Å². The zero-order valence-electron chi connectivity index (χ0n) is 17.1. The van der Waals surface area contributed by atoms with Crippen LogP contribution in [0.4, 0.5) is 11.4 Å². The van der Waals surface area contributed by atoms with Crippen molar-refractivity contribution in [1.29, 1.82) is 0 Å². The number of anilines is 2. The fraction of sp³-hybridized carbons (Fsp3) is 0.391. The van der Waals surface area contributed by atoms with E-state index in [-0.39, 0.29) is 0 Å². The van der Waals surface area contributed by atoms with Crippen LogP contribution in [0, 0.1) is 0 Å². The quantitative estimate of drug-likeness (QED) is 0.334. The smallest absolute Gasteiger partial charge is 0.341 e. The summed E-state index contributed by atoms with van der Waals surface area (Å²) in [6.07, 6.45) is 4.15. The first-order valence-electron chi connectivity index (χ1n) is 10.1. The fourth-order valence-corrected chi connectivity index (χ4v) is 2.94. The van der Waals surface area contributed by atoms with Crippen molar-refractivity contribution in [3.63, 3.8) is 0 Å². The second-order valence-electron chi connectivity index (χ2n) is 7.14. The summed E-state index contributed by atoms with van der Waals surface area (Å²) in [5, 5.41) is 0. The molecule has 0 unspecified atom stereocenters. The van der Waals surface area contributed by atoms with Crippen molar-refractivity contribution in [1.82, 2.24) is 0 Å². The van der Waals surface area contributed by atoms with E-state index in [1.54, 1.807) is 48.5 Å². The molecule has 0 atom stereocenters. The second kappa shape index (κ2) is 10.5. The van der Waals surface area contributed by atoms with Crippen LogP contribution >= 0.6 is 0 Å². The number of nitrogens with two attached hydrogens (primary N) is 2. The minimum absolute atomic E-state index is 0.361. The van der Waals surface area contributed by atoms with Gasteiger partial charge in [0.05, 0.1) is 11.1 Å². The van der Waals surface area contributed by atoms with Crippen LogP contribution in [0.1, 0.15) is 73.1 Å². The number of hydrogen-bond donors (Lipinski definition) is 2. The zero-order valence-corrected chi connectivity index (χ0v) is 17.1. The van der Waals surface area contributed by atoms with Crippen LogP contribution in [0.3, 0.4) is 0 Å². The van der Waals surface area contributed by atoms with Gasteiger partial charge in [-0.15, -0.1) is 0 Å². The standard InChI is InChI=1S/C23H30N2O4/c1-3-5-15-23(16-6-4-2,28-21(26)17-7-11-19(24)12-8-17)29-22(27)18-9-13-20(25)14-10-18/h7-14H,3-6,15-16,24-25H2,1-2H3. The van der Waals surface area contributed by atoms with Gasteiger partial charge in [-0.05, 0) is 61.4 Å². The van der Waals surface area contributed by atoms with Gasteiger partial charge in [0, 0.05) is 24.2 Å². The summed E-state index contributed by atoms with van der Waals surface area (Å²) >= 11 is 0. The van der Waals surface area contributed by atoms with Crippen LogP contribution in [0.15, 0.2) is 48.5 Å². The van der Waals surface area contributed by atoms with Crippen molar-refractivity contribution in [3.05, 3.63) is 59.7 Å². The maximum Gasteiger partial charge on any atom is 0.341 e. The zero-order chi connectivity index (χ0) is 21.3. The van der Waals surface area contributed by atoms with Crippen LogP contribution < -0.4 is 11.5 Å². The van der Waals surface area contributed by atoms with E-state index >= 15 is 0 Å². The average molecular weight is 399 g/mol. The number of hydrogen-bond acceptors (Lipinski definition) is 6. The number of unbranched alkanes of at least 4 members (excludes halogenated alkanes) is 2. The summed E-state index contributed by atoms with van der Waals surface area (Å²) in [6, 6.07) is 12.9. The third-order valence-electron chi connectivity index (χ3n) is 4.67. The van der Waals surface area contributed by atoms with E-state index in [1.165, 1.54) is 0 Å². The predicted molar refractivity (Wildman–Crippen MR) is 114 cm³/mol. The lowest BCUT2D eigenvalue weighted by Gasteiger charge is -2.33. The molecule has 0 saturated carbocycles. The molecule has 2 rings (SSSR count). The molecule has 0 saturated heterocycles. The molecule has 156 valence electrons. The lowest BCUT2D eigenvalue weighted by molar-refractivity contribution is -0.179. The summed E-state index contributed by atoms with van der Waals surface area (Å²) in [4.78, 5) is 25.6. The van der Waals surface area contributed by atoms with Crippen LogP contribution in [0.25, 0.3) is 0 Å². The third-order valence-corrected chi connectivity index (χ3v) is 4.67. The highest BCUT2D eigenvalue weighted by molar-refractivity contribution is 5.91. The van der Waals surface area contributed by atoms with E-state index in [4.69, 9.17) is 20.9 Å². The molecule has 0 fully saturated rings. The molecule has 29 heavy (non-hydrogen) atoms. The van der Waals surface area contributed by atoms with E-state index < -0.39 is 17.7 Å². The summed E-state index contributed by atoms with van der Waals surface area (Å²) in [6.45, 7) is 4.07. The molecular weight excluding hydrogens is 368 g/mol. The lowest BCUT2D eigenvalue weighted by Crippen LogP contribution is -2.40. The van der Waals surface area contributed by atoms with Crippen LogP contribution in [0.2, 0.25) is 0 Å². The molecule has 0 aliphatic heterocycles. The van der Waals surface area contributed by atoms with Gasteiger partial charge in [0.15, 0.2) is 0 Å². The molecule has 0 heterocycles. The molecule has 6 heteroatoms. The SMILES string of the molecule is CCCCC(CCCC)(OC(=O)c1ccc(N)cc1)OC(=O)c1ccc(N)cc1. The number of ether oxygens (including phenoxy) is 2. The van der Waals surface area contributed by atoms with E-state index in [9.17, 15) is 9.59 Å². The van der Waals surface area contributed by atoms with Crippen molar-refractivity contribution in [2.45, 2.75) is 58.2 Å². The van der Waals surface area contributed by atoms with Crippen LogP contribution in [-0.4, -0.2) is 17.7 Å². The number of nitrogen functional groups attached to an aromatic ring is 2. The minimum Gasteiger partial charge on any atom is -0.419 e. The molecule has 0 spiro atoms. The Morgan fingerprint density at radius 3 is 1.38 bits per heavy atom. The number of benzene rings is 2. The van der Waals surface area contributed by atoms with Gasteiger partial charge in [-0.3, -0.25) is 0 Å². The van der Waals surface area contributed by atoms with Gasteiger partial charge >= 0.3 is 11.9 Å². The molecule has 4 N–H and O–H groups in total. The van der Waals surface area contributed by atoms with Gasteiger partial charge in [-0.1, -0.05) is 26.7 Å². The van der Waals surface area contributed by atoms with E-state index in [0.29, 0.717) is 35.3 Å². The van der Waals surface area contributed by atoms with Gasteiger partial charge in [-0.25, -0.2) is 9.59 Å². The van der Waals surface area contributed by atoms with Gasteiger partial charge in [0.25, 0.3) is 5.79 Å². The monoisotopic (exact) mass is 398 g/mol. The Kier molecular flexibility index (Phi) is 8.07. The summed E-state index contributed by atoms with van der Waals surface area (Å²) in [7, 11) is 0. The third kappa shape index (κ3) is 6.52. The highest BCUT2D eigenvalue weighted by Crippen LogP contribution is 2.30. The molecule has 0 bridgehead atoms.